The van der Waals surface area contributed by atoms with Crippen molar-refractivity contribution < 1.29 is 5.11 Å². The van der Waals surface area contributed by atoms with E-state index >= 15 is 0 Å². The van der Waals surface area contributed by atoms with E-state index in [0.717, 1.165) is 0 Å². The van der Waals surface area contributed by atoms with E-state index in [1.165, 1.54) is 16.8 Å². The summed E-state index contributed by atoms with van der Waals surface area (Å²) in [4.78, 5) is 23.4. The van der Waals surface area contributed by atoms with Gasteiger partial charge in [0.15, 0.2) is 0 Å². The summed E-state index contributed by atoms with van der Waals surface area (Å²) in [7, 11) is 0. The van der Waals surface area contributed by atoms with Crippen LogP contribution in [0.5, 0.6) is 0 Å². The zero-order valence-corrected chi connectivity index (χ0v) is 5.78. The first kappa shape index (κ1) is 7.74. The van der Waals surface area contributed by atoms with Gasteiger partial charge < -0.3 is 5.11 Å². The van der Waals surface area contributed by atoms with Crippen molar-refractivity contribution in [3.8, 4) is 0 Å². The van der Waals surface area contributed by atoms with Crippen molar-refractivity contribution in [2.24, 2.45) is 0 Å². The van der Waals surface area contributed by atoms with Gasteiger partial charge in [0.25, 0.3) is 5.56 Å². The average molecular weight is 156 g/mol. The first-order valence-corrected chi connectivity index (χ1v) is 3.14. The molecule has 1 aromatic rings. The number of aliphatic hydroxyl groups is 1. The number of aliphatic hydroxyl groups excluding tert-OH is 1. The number of H-pyrrole nitrogens is 1. The van der Waals surface area contributed by atoms with Gasteiger partial charge in [-0.05, 0) is 0 Å². The van der Waals surface area contributed by atoms with E-state index in [2.05, 4.69) is 4.98 Å². The highest BCUT2D eigenvalue weighted by Gasteiger charge is 1.92. The molecule has 0 radical (unpaired) electrons. The Labute approximate surface area is 61.9 Å². The van der Waals surface area contributed by atoms with Crippen LogP contribution in [0.25, 0.3) is 0 Å². The topological polar surface area (TPSA) is 75.1 Å². The highest BCUT2D eigenvalue weighted by molar-refractivity contribution is 4.82. The van der Waals surface area contributed by atoms with Crippen LogP contribution in [-0.2, 0) is 6.54 Å². The van der Waals surface area contributed by atoms with Crippen LogP contribution in [-0.4, -0.2) is 21.3 Å². The summed E-state index contributed by atoms with van der Waals surface area (Å²) >= 11 is 0. The van der Waals surface area contributed by atoms with Crippen LogP contribution in [0.15, 0.2) is 21.9 Å². The van der Waals surface area contributed by atoms with Gasteiger partial charge in [-0.3, -0.25) is 14.3 Å². The Morgan fingerprint density at radius 2 is 2.27 bits per heavy atom. The van der Waals surface area contributed by atoms with E-state index in [9.17, 15) is 9.59 Å². The predicted molar refractivity (Wildman–Crippen MR) is 38.4 cm³/mol. The summed E-state index contributed by atoms with van der Waals surface area (Å²) in [6.07, 6.45) is 1.34. The zero-order valence-electron chi connectivity index (χ0n) is 5.78. The van der Waals surface area contributed by atoms with Crippen LogP contribution in [0.3, 0.4) is 0 Å². The van der Waals surface area contributed by atoms with E-state index in [-0.39, 0.29) is 13.2 Å². The molecule has 1 rings (SSSR count). The van der Waals surface area contributed by atoms with Gasteiger partial charge in [-0.2, -0.15) is 0 Å². The minimum Gasteiger partial charge on any atom is -0.395 e. The van der Waals surface area contributed by atoms with E-state index in [1.54, 1.807) is 0 Å². The molecule has 0 atom stereocenters. The molecule has 0 amide bonds. The van der Waals surface area contributed by atoms with Crippen molar-refractivity contribution >= 4 is 0 Å². The first-order chi connectivity index (χ1) is 5.24. The highest BCUT2D eigenvalue weighted by atomic mass is 16.3. The Kier molecular flexibility index (Phi) is 2.22. The average Bonchev–Trinajstić information content (AvgIpc) is 1.95. The third-order valence-corrected chi connectivity index (χ3v) is 1.24. The van der Waals surface area contributed by atoms with Crippen LogP contribution in [0.2, 0.25) is 0 Å². The Morgan fingerprint density at radius 3 is 2.82 bits per heavy atom. The normalized spacial score (nSPS) is 9.91. The van der Waals surface area contributed by atoms with Crippen LogP contribution >= 0.6 is 0 Å². The van der Waals surface area contributed by atoms with Crippen molar-refractivity contribution in [2.45, 2.75) is 6.54 Å². The molecule has 0 aliphatic heterocycles. The molecule has 60 valence electrons. The summed E-state index contributed by atoms with van der Waals surface area (Å²) < 4.78 is 1.22. The minimum absolute atomic E-state index is 0.119. The van der Waals surface area contributed by atoms with Crippen LogP contribution < -0.4 is 11.2 Å². The summed E-state index contributed by atoms with van der Waals surface area (Å²) in [6.45, 7) is 0.0849. The number of hydrogen-bond acceptors (Lipinski definition) is 3. The zero-order chi connectivity index (χ0) is 8.27. The maximum absolute atomic E-state index is 10.8. The van der Waals surface area contributed by atoms with E-state index < -0.39 is 11.2 Å². The van der Waals surface area contributed by atoms with E-state index in [1.807, 2.05) is 0 Å². The molecule has 5 heteroatoms. The van der Waals surface area contributed by atoms with Crippen LogP contribution in [0.4, 0.5) is 0 Å². The Balaban J connectivity index is 3.10. The monoisotopic (exact) mass is 156 g/mol. The summed E-state index contributed by atoms with van der Waals surface area (Å²) in [5, 5.41) is 8.46. The number of rotatable bonds is 2. The predicted octanol–water partition coefficient (Wildman–Crippen LogP) is -1.47. The minimum atomic E-state index is -0.494. The lowest BCUT2D eigenvalue weighted by Crippen LogP contribution is -2.29. The van der Waals surface area contributed by atoms with Gasteiger partial charge in [-0.1, -0.05) is 0 Å². The number of aromatic nitrogens is 2. The summed E-state index contributed by atoms with van der Waals surface area (Å²) in [6, 6.07) is 1.23. The molecular weight excluding hydrogens is 148 g/mol. The molecule has 0 bridgehead atoms. The SMILES string of the molecule is O=c1ccn(CCO)c(=O)[nH]1. The second kappa shape index (κ2) is 3.16. The van der Waals surface area contributed by atoms with Gasteiger partial charge in [0.1, 0.15) is 0 Å². The van der Waals surface area contributed by atoms with Gasteiger partial charge in [0.05, 0.1) is 13.2 Å². The maximum atomic E-state index is 10.8. The van der Waals surface area contributed by atoms with Crippen molar-refractivity contribution in [1.82, 2.24) is 9.55 Å². The van der Waals surface area contributed by atoms with E-state index in [0.29, 0.717) is 0 Å². The smallest absolute Gasteiger partial charge is 0.328 e. The Hall–Kier alpha value is -1.36. The molecule has 0 aliphatic rings. The molecule has 0 saturated heterocycles. The van der Waals surface area contributed by atoms with Crippen molar-refractivity contribution in [1.29, 1.82) is 0 Å². The van der Waals surface area contributed by atoms with Crippen LogP contribution in [0, 0.1) is 0 Å². The molecule has 0 saturated carbocycles. The molecule has 0 aromatic carbocycles. The molecule has 0 fully saturated rings. The number of hydrogen-bond donors (Lipinski definition) is 2. The lowest BCUT2D eigenvalue weighted by atomic mass is 10.6. The Morgan fingerprint density at radius 1 is 1.55 bits per heavy atom. The quantitative estimate of drug-likeness (QED) is 0.548. The molecule has 5 nitrogen and oxygen atoms in total. The molecule has 2 N–H and O–H groups in total. The van der Waals surface area contributed by atoms with Crippen molar-refractivity contribution in [3.63, 3.8) is 0 Å². The summed E-state index contributed by atoms with van der Waals surface area (Å²) in [5.74, 6) is 0. The molecule has 0 spiro atoms. The molecule has 1 aromatic heterocycles. The fourth-order valence-corrected chi connectivity index (χ4v) is 0.728. The molecular formula is C6H8N2O3. The van der Waals surface area contributed by atoms with Gasteiger partial charge >= 0.3 is 5.69 Å². The van der Waals surface area contributed by atoms with E-state index in [4.69, 9.17) is 5.11 Å². The molecule has 0 aliphatic carbocycles. The van der Waals surface area contributed by atoms with Crippen LogP contribution in [0.1, 0.15) is 0 Å². The van der Waals surface area contributed by atoms with Crippen molar-refractivity contribution in [2.75, 3.05) is 6.61 Å². The Bertz CT molecular complexity index is 338. The fraction of sp³-hybridized carbons (Fsp3) is 0.333. The third kappa shape index (κ3) is 1.78. The standard InChI is InChI=1S/C6H8N2O3/c9-4-3-8-2-1-5(10)7-6(8)11/h1-2,9H,3-4H2,(H,7,10,11). The molecule has 11 heavy (non-hydrogen) atoms. The fourth-order valence-electron chi connectivity index (χ4n) is 0.728. The summed E-state index contributed by atoms with van der Waals surface area (Å²) in [5.41, 5.74) is -0.921. The lowest BCUT2D eigenvalue weighted by Gasteiger charge is -1.98. The highest BCUT2D eigenvalue weighted by Crippen LogP contribution is 1.72. The van der Waals surface area contributed by atoms with Gasteiger partial charge in [-0.15, -0.1) is 0 Å². The van der Waals surface area contributed by atoms with Crippen molar-refractivity contribution in [3.05, 3.63) is 33.1 Å². The number of nitrogens with one attached hydrogen (secondary N) is 1. The van der Waals surface area contributed by atoms with Gasteiger partial charge in [0.2, 0.25) is 0 Å². The van der Waals surface area contributed by atoms with Gasteiger partial charge in [-0.25, -0.2) is 4.79 Å². The maximum Gasteiger partial charge on any atom is 0.328 e. The molecule has 1 heterocycles. The van der Waals surface area contributed by atoms with Gasteiger partial charge in [0, 0.05) is 12.3 Å². The number of aromatic amines is 1. The first-order valence-electron chi connectivity index (χ1n) is 3.14. The second-order valence-electron chi connectivity index (χ2n) is 2.03. The second-order valence-corrected chi connectivity index (χ2v) is 2.03. The lowest BCUT2D eigenvalue weighted by molar-refractivity contribution is 0.273. The molecule has 0 unspecified atom stereocenters. The number of nitrogens with zero attached hydrogens (tertiary/aromatic N) is 1. The largest absolute Gasteiger partial charge is 0.395 e. The third-order valence-electron chi connectivity index (χ3n) is 1.24.